The van der Waals surface area contributed by atoms with Crippen molar-refractivity contribution in [3.8, 4) is 5.69 Å². The number of rotatable bonds is 4. The Labute approximate surface area is 197 Å². The van der Waals surface area contributed by atoms with E-state index in [4.69, 9.17) is 10.5 Å². The maximum Gasteiger partial charge on any atom is 0.343 e. The van der Waals surface area contributed by atoms with Crippen molar-refractivity contribution in [3.63, 3.8) is 0 Å². The molecule has 1 fully saturated rings. The number of pyridine rings is 2. The van der Waals surface area contributed by atoms with E-state index in [1.54, 1.807) is 11.8 Å². The summed E-state index contributed by atoms with van der Waals surface area (Å²) in [4.78, 5) is 31.6. The maximum atomic E-state index is 15.3. The Morgan fingerprint density at radius 3 is 2.74 bits per heavy atom. The van der Waals surface area contributed by atoms with E-state index < -0.39 is 40.0 Å². The molecular formula is C25H21F3N4O3. The fraction of sp³-hybridized carbons (Fsp3) is 0.240. The minimum absolute atomic E-state index is 0.00731. The zero-order chi connectivity index (χ0) is 24.9. The van der Waals surface area contributed by atoms with Crippen LogP contribution in [0.1, 0.15) is 17.3 Å². The van der Waals surface area contributed by atoms with Gasteiger partial charge in [-0.25, -0.2) is 22.9 Å². The Kier molecular flexibility index (Phi) is 5.47. The number of hydrogen-bond acceptors (Lipinski definition) is 6. The van der Waals surface area contributed by atoms with E-state index in [-0.39, 0.29) is 41.6 Å². The van der Waals surface area contributed by atoms with Gasteiger partial charge >= 0.3 is 5.97 Å². The number of allylic oxidation sites excluding steroid dienone is 2. The SMILES string of the molecule is CCOC(=O)c1cn(-c2ccc(F)cc2F)c2nc(N3CC4C=CC=CC4(N)C3)c(F)cc2c1=O. The lowest BCUT2D eigenvalue weighted by molar-refractivity contribution is 0.0524. The van der Waals surface area contributed by atoms with Crippen LogP contribution < -0.4 is 16.1 Å². The highest BCUT2D eigenvalue weighted by Crippen LogP contribution is 2.35. The van der Waals surface area contributed by atoms with Gasteiger partial charge in [0.05, 0.1) is 23.2 Å². The molecule has 0 amide bonds. The number of nitrogens with two attached hydrogens (primary N) is 1. The Bertz CT molecular complexity index is 1480. The second-order valence-corrected chi connectivity index (χ2v) is 8.57. The van der Waals surface area contributed by atoms with Gasteiger partial charge in [-0.15, -0.1) is 0 Å². The summed E-state index contributed by atoms with van der Waals surface area (Å²) in [5.74, 6) is -3.66. The molecule has 0 bridgehead atoms. The van der Waals surface area contributed by atoms with Crippen molar-refractivity contribution in [2.24, 2.45) is 11.7 Å². The number of halogens is 3. The molecule has 5 rings (SSSR count). The predicted octanol–water partition coefficient (Wildman–Crippen LogP) is 3.24. The van der Waals surface area contributed by atoms with Crippen LogP contribution in [0.2, 0.25) is 0 Å². The van der Waals surface area contributed by atoms with Crippen molar-refractivity contribution in [2.45, 2.75) is 12.5 Å². The van der Waals surface area contributed by atoms with Crippen molar-refractivity contribution in [1.82, 2.24) is 9.55 Å². The fourth-order valence-corrected chi connectivity index (χ4v) is 4.58. The second kappa shape index (κ2) is 8.38. The van der Waals surface area contributed by atoms with E-state index in [1.807, 2.05) is 24.3 Å². The Hall–Kier alpha value is -3.92. The summed E-state index contributed by atoms with van der Waals surface area (Å²) in [5, 5.41) is -0.251. The summed E-state index contributed by atoms with van der Waals surface area (Å²) in [6.45, 7) is 2.20. The molecule has 180 valence electrons. The molecule has 2 aromatic heterocycles. The average molecular weight is 482 g/mol. The Morgan fingerprint density at radius 2 is 2.03 bits per heavy atom. The zero-order valence-corrected chi connectivity index (χ0v) is 18.7. The maximum absolute atomic E-state index is 15.3. The first-order valence-electron chi connectivity index (χ1n) is 11.0. The number of carbonyl (C=O) groups excluding carboxylic acids is 1. The molecule has 7 nitrogen and oxygen atoms in total. The largest absolute Gasteiger partial charge is 0.462 e. The first-order valence-corrected chi connectivity index (χ1v) is 11.0. The molecule has 2 N–H and O–H groups in total. The third kappa shape index (κ3) is 3.79. The van der Waals surface area contributed by atoms with Gasteiger partial charge in [0.25, 0.3) is 0 Å². The predicted molar refractivity (Wildman–Crippen MR) is 124 cm³/mol. The molecular weight excluding hydrogens is 461 g/mol. The molecule has 1 saturated heterocycles. The van der Waals surface area contributed by atoms with Gasteiger partial charge in [0.15, 0.2) is 17.3 Å². The van der Waals surface area contributed by atoms with Crippen LogP contribution in [-0.2, 0) is 4.74 Å². The highest BCUT2D eigenvalue weighted by molar-refractivity contribution is 5.94. The van der Waals surface area contributed by atoms with Crippen molar-refractivity contribution in [1.29, 1.82) is 0 Å². The topological polar surface area (TPSA) is 90.5 Å². The molecule has 1 aliphatic heterocycles. The first-order chi connectivity index (χ1) is 16.7. The van der Waals surface area contributed by atoms with Gasteiger partial charge in [-0.3, -0.25) is 9.36 Å². The van der Waals surface area contributed by atoms with Crippen molar-refractivity contribution >= 4 is 22.8 Å². The second-order valence-electron chi connectivity index (χ2n) is 8.57. The minimum atomic E-state index is -0.958. The van der Waals surface area contributed by atoms with Crippen LogP contribution >= 0.6 is 0 Å². The number of nitrogens with zero attached hydrogens (tertiary/aromatic N) is 3. The van der Waals surface area contributed by atoms with Gasteiger partial charge in [0.1, 0.15) is 17.2 Å². The van der Waals surface area contributed by atoms with Crippen LogP contribution in [-0.4, -0.2) is 40.8 Å². The monoisotopic (exact) mass is 482 g/mol. The third-order valence-electron chi connectivity index (χ3n) is 6.31. The van der Waals surface area contributed by atoms with E-state index in [9.17, 15) is 18.4 Å². The minimum Gasteiger partial charge on any atom is -0.462 e. The number of anilines is 1. The number of ether oxygens (including phenoxy) is 1. The van der Waals surface area contributed by atoms with Crippen molar-refractivity contribution in [2.75, 3.05) is 24.6 Å². The molecule has 3 aromatic rings. The number of hydrogen-bond donors (Lipinski definition) is 1. The van der Waals surface area contributed by atoms with Gasteiger partial charge < -0.3 is 15.4 Å². The van der Waals surface area contributed by atoms with E-state index >= 15 is 4.39 Å². The molecule has 2 unspecified atom stereocenters. The van der Waals surface area contributed by atoms with Gasteiger partial charge in [-0.1, -0.05) is 24.3 Å². The van der Waals surface area contributed by atoms with Crippen LogP contribution in [0.15, 0.2) is 59.6 Å². The average Bonchev–Trinajstić information content (AvgIpc) is 3.17. The van der Waals surface area contributed by atoms with Crippen LogP contribution in [0.3, 0.4) is 0 Å². The molecule has 2 atom stereocenters. The number of benzene rings is 1. The van der Waals surface area contributed by atoms with Crippen molar-refractivity contribution in [3.05, 3.63) is 88.0 Å². The summed E-state index contributed by atoms with van der Waals surface area (Å²) in [6.07, 6.45) is 8.57. The third-order valence-corrected chi connectivity index (χ3v) is 6.31. The first kappa shape index (κ1) is 22.9. The highest BCUT2D eigenvalue weighted by atomic mass is 19.1. The summed E-state index contributed by atoms with van der Waals surface area (Å²) in [6, 6.07) is 3.80. The van der Waals surface area contributed by atoms with E-state index in [2.05, 4.69) is 4.98 Å². The molecule has 3 heterocycles. The Balaban J connectivity index is 1.74. The van der Waals surface area contributed by atoms with Gasteiger partial charge in [-0.05, 0) is 25.1 Å². The lowest BCUT2D eigenvalue weighted by Gasteiger charge is -2.26. The number of aromatic nitrogens is 2. The lowest BCUT2D eigenvalue weighted by Crippen LogP contribution is -2.46. The molecule has 1 aliphatic carbocycles. The number of esters is 1. The summed E-state index contributed by atoms with van der Waals surface area (Å²) >= 11 is 0. The van der Waals surface area contributed by atoms with E-state index in [0.29, 0.717) is 12.6 Å². The summed E-state index contributed by atoms with van der Waals surface area (Å²) < 4.78 is 49.8. The standard InChI is InChI=1S/C25H21F3N4O3/c1-2-35-24(34)17-12-32(20-7-6-15(26)9-18(20)27)22-16(21(17)33)10-19(28)23(30-22)31-11-14-5-3-4-8-25(14,29)13-31/h3-10,12,14H,2,11,13,29H2,1H3. The number of carbonyl (C=O) groups is 1. The smallest absolute Gasteiger partial charge is 0.343 e. The molecule has 10 heteroatoms. The molecule has 0 spiro atoms. The Morgan fingerprint density at radius 1 is 1.23 bits per heavy atom. The summed E-state index contributed by atoms with van der Waals surface area (Å²) in [5.41, 5.74) is 4.26. The van der Waals surface area contributed by atoms with Crippen LogP contribution in [0.5, 0.6) is 0 Å². The molecule has 2 aliphatic rings. The van der Waals surface area contributed by atoms with Crippen molar-refractivity contribution < 1.29 is 22.7 Å². The highest BCUT2D eigenvalue weighted by Gasteiger charge is 2.42. The number of fused-ring (bicyclic) bond motifs is 2. The van der Waals surface area contributed by atoms with Gasteiger partial charge in [-0.2, -0.15) is 0 Å². The fourth-order valence-electron chi connectivity index (χ4n) is 4.58. The normalized spacial score (nSPS) is 20.9. The van der Waals surface area contributed by atoms with Crippen LogP contribution in [0.4, 0.5) is 19.0 Å². The summed E-state index contributed by atoms with van der Waals surface area (Å²) in [7, 11) is 0. The molecule has 0 saturated carbocycles. The van der Waals surface area contributed by atoms with Crippen LogP contribution in [0.25, 0.3) is 16.7 Å². The van der Waals surface area contributed by atoms with Gasteiger partial charge in [0, 0.05) is 31.3 Å². The van der Waals surface area contributed by atoms with E-state index in [0.717, 1.165) is 29.0 Å². The molecule has 35 heavy (non-hydrogen) atoms. The lowest BCUT2D eigenvalue weighted by atomic mass is 9.85. The van der Waals surface area contributed by atoms with Crippen LogP contribution in [0, 0.1) is 23.4 Å². The van der Waals surface area contributed by atoms with E-state index in [1.165, 1.54) is 0 Å². The molecule has 1 aromatic carbocycles. The van der Waals surface area contributed by atoms with Gasteiger partial charge in [0.2, 0.25) is 5.43 Å². The quantitative estimate of drug-likeness (QED) is 0.575. The zero-order valence-electron chi connectivity index (χ0n) is 18.7. The molecule has 0 radical (unpaired) electrons.